The molecule has 9 heteroatoms. The summed E-state index contributed by atoms with van der Waals surface area (Å²) in [7, 11) is 0. The molecule has 0 spiro atoms. The van der Waals surface area contributed by atoms with Gasteiger partial charge in [0.1, 0.15) is 11.5 Å². The van der Waals surface area contributed by atoms with E-state index in [0.717, 1.165) is 33.7 Å². The average Bonchev–Trinajstić information content (AvgIpc) is 3.55. The topological polar surface area (TPSA) is 108 Å². The number of furan rings is 1. The molecule has 0 saturated carbocycles. The van der Waals surface area contributed by atoms with E-state index in [2.05, 4.69) is 31.9 Å². The van der Waals surface area contributed by atoms with Gasteiger partial charge in [-0.2, -0.15) is 5.10 Å². The molecule has 1 aromatic carbocycles. The minimum Gasteiger partial charge on any atom is -0.472 e. The largest absolute Gasteiger partial charge is 0.472 e. The number of aromatic amines is 1. The molecule has 0 saturated heterocycles. The van der Waals surface area contributed by atoms with Crippen molar-refractivity contribution < 1.29 is 13.6 Å². The zero-order valence-corrected chi connectivity index (χ0v) is 21.8. The zero-order chi connectivity index (χ0) is 27.1. The first-order valence-corrected chi connectivity index (χ1v) is 12.7. The lowest BCUT2D eigenvalue weighted by Gasteiger charge is -2.19. The molecule has 0 bridgehead atoms. The molecule has 1 aliphatic heterocycles. The van der Waals surface area contributed by atoms with Gasteiger partial charge in [-0.25, -0.2) is 9.37 Å². The van der Waals surface area contributed by atoms with Crippen LogP contribution < -0.4 is 10.7 Å². The van der Waals surface area contributed by atoms with Crippen molar-refractivity contribution in [1.82, 2.24) is 20.4 Å². The zero-order valence-electron chi connectivity index (χ0n) is 21.8. The number of carbonyl (C=O) groups excluding carboxylic acids is 1. The molecule has 4 heterocycles. The maximum absolute atomic E-state index is 15.4. The number of aromatic nitrogens is 3. The number of rotatable bonds is 4. The van der Waals surface area contributed by atoms with Gasteiger partial charge in [0.2, 0.25) is 5.91 Å². The third-order valence-electron chi connectivity index (χ3n) is 6.71. The van der Waals surface area contributed by atoms with Gasteiger partial charge in [0.25, 0.3) is 0 Å². The summed E-state index contributed by atoms with van der Waals surface area (Å²) in [5.41, 5.74) is 9.61. The third-order valence-corrected chi connectivity index (χ3v) is 6.71. The number of carbonyl (C=O) groups is 1. The van der Waals surface area contributed by atoms with Gasteiger partial charge in [0, 0.05) is 51.6 Å². The Bertz CT molecular complexity index is 1670. The van der Waals surface area contributed by atoms with Gasteiger partial charge < -0.3 is 20.1 Å². The summed E-state index contributed by atoms with van der Waals surface area (Å²) in [6, 6.07) is 6.92. The van der Waals surface area contributed by atoms with Crippen molar-refractivity contribution in [1.29, 1.82) is 0 Å². The van der Waals surface area contributed by atoms with E-state index in [1.165, 1.54) is 6.07 Å². The van der Waals surface area contributed by atoms with Crippen LogP contribution in [-0.2, 0) is 17.8 Å². The lowest BCUT2D eigenvalue weighted by molar-refractivity contribution is -0.123. The number of pyridine rings is 1. The van der Waals surface area contributed by atoms with Crippen LogP contribution in [0.4, 0.5) is 10.1 Å². The van der Waals surface area contributed by atoms with Crippen molar-refractivity contribution >= 4 is 22.9 Å². The lowest BCUT2D eigenvalue weighted by Crippen LogP contribution is -2.27. The van der Waals surface area contributed by atoms with Crippen LogP contribution in [0, 0.1) is 11.2 Å². The van der Waals surface area contributed by atoms with Crippen LogP contribution in [0.5, 0.6) is 0 Å². The number of nitrogens with one attached hydrogen (secondary N) is 3. The number of anilines is 1. The smallest absolute Gasteiger partial charge is 0.229 e. The normalized spacial score (nSPS) is 14.5. The molecule has 0 atom stereocenters. The third kappa shape index (κ3) is 4.67. The number of amides is 1. The molecular formula is C30H27FN6O2. The molecule has 2 aliphatic rings. The minimum absolute atomic E-state index is 0.149. The number of allylic oxidation sites excluding steroid dienone is 3. The van der Waals surface area contributed by atoms with E-state index < -0.39 is 5.41 Å². The number of benzene rings is 1. The van der Waals surface area contributed by atoms with Crippen molar-refractivity contribution in [2.45, 2.75) is 33.7 Å². The predicted octanol–water partition coefficient (Wildman–Crippen LogP) is 5.59. The predicted molar refractivity (Wildman–Crippen MR) is 147 cm³/mol. The maximum Gasteiger partial charge on any atom is 0.229 e. The van der Waals surface area contributed by atoms with Crippen molar-refractivity contribution in [2.75, 3.05) is 5.32 Å². The van der Waals surface area contributed by atoms with Gasteiger partial charge in [0.15, 0.2) is 5.82 Å². The minimum atomic E-state index is -0.574. The second-order valence-electron chi connectivity index (χ2n) is 10.6. The summed E-state index contributed by atoms with van der Waals surface area (Å²) in [6.07, 6.45) is 13.2. The Labute approximate surface area is 224 Å². The Morgan fingerprint density at radius 1 is 1.13 bits per heavy atom. The summed E-state index contributed by atoms with van der Waals surface area (Å²) in [5.74, 6) is 0.0487. The van der Waals surface area contributed by atoms with Gasteiger partial charge in [-0.1, -0.05) is 39.0 Å². The Morgan fingerprint density at radius 2 is 2.00 bits per heavy atom. The number of H-pyrrole nitrogens is 1. The van der Waals surface area contributed by atoms with Crippen molar-refractivity contribution in [3.8, 4) is 11.1 Å². The van der Waals surface area contributed by atoms with E-state index in [-0.39, 0.29) is 11.7 Å². The van der Waals surface area contributed by atoms with Crippen LogP contribution >= 0.6 is 0 Å². The molecule has 4 aromatic rings. The van der Waals surface area contributed by atoms with Crippen LogP contribution in [0.15, 0.2) is 76.9 Å². The number of hydrazone groups is 1. The molecule has 0 unspecified atom stereocenters. The molecule has 3 N–H and O–H groups in total. The molecule has 0 radical (unpaired) electrons. The van der Waals surface area contributed by atoms with Crippen LogP contribution in [-0.4, -0.2) is 26.6 Å². The Balaban J connectivity index is 1.39. The standard InChI is InChI=1S/C30H27FN6O2/c1-30(2,3)29(38)34-20-10-18(13-32-15-20)22-12-23-19(11-24(22)31)14-33-37-27(23)28-35-25-7-5-4-6-21(26(25)36-28)17-8-9-39-16-17/h4-6,8-13,15-16,33H,7,14H2,1-3H3,(H,34,38)(H,35,36). The highest BCUT2D eigenvalue weighted by Gasteiger charge is 2.26. The maximum atomic E-state index is 15.4. The Morgan fingerprint density at radius 3 is 2.79 bits per heavy atom. The van der Waals surface area contributed by atoms with E-state index in [1.54, 1.807) is 37.1 Å². The molecule has 39 heavy (non-hydrogen) atoms. The summed E-state index contributed by atoms with van der Waals surface area (Å²) >= 11 is 0. The monoisotopic (exact) mass is 522 g/mol. The second-order valence-corrected chi connectivity index (χ2v) is 10.6. The Kier molecular flexibility index (Phi) is 5.98. The fourth-order valence-electron chi connectivity index (χ4n) is 4.59. The van der Waals surface area contributed by atoms with E-state index in [0.29, 0.717) is 41.3 Å². The molecule has 1 amide bonds. The number of nitrogens with zero attached hydrogens (tertiary/aromatic N) is 3. The van der Waals surface area contributed by atoms with Gasteiger partial charge in [-0.3, -0.25) is 9.78 Å². The molecule has 8 nitrogen and oxygen atoms in total. The summed E-state index contributed by atoms with van der Waals surface area (Å²) in [5, 5.41) is 7.43. The molecule has 196 valence electrons. The highest BCUT2D eigenvalue weighted by Crippen LogP contribution is 2.32. The summed E-state index contributed by atoms with van der Waals surface area (Å²) in [6.45, 7) is 5.88. The highest BCUT2D eigenvalue weighted by molar-refractivity contribution is 6.13. The lowest BCUT2D eigenvalue weighted by atomic mass is 9.94. The van der Waals surface area contributed by atoms with E-state index >= 15 is 4.39 Å². The molecular weight excluding hydrogens is 495 g/mol. The first-order valence-electron chi connectivity index (χ1n) is 12.7. The fraction of sp³-hybridized carbons (Fsp3) is 0.200. The fourth-order valence-corrected chi connectivity index (χ4v) is 4.59. The van der Waals surface area contributed by atoms with Gasteiger partial charge in [-0.15, -0.1) is 0 Å². The van der Waals surface area contributed by atoms with Crippen LogP contribution in [0.3, 0.4) is 0 Å². The van der Waals surface area contributed by atoms with Crippen LogP contribution in [0.2, 0.25) is 0 Å². The van der Waals surface area contributed by atoms with Crippen molar-refractivity contribution in [3.05, 3.63) is 107 Å². The quantitative estimate of drug-likeness (QED) is 0.324. The van der Waals surface area contributed by atoms with E-state index in [9.17, 15) is 4.79 Å². The highest BCUT2D eigenvalue weighted by atomic mass is 19.1. The molecule has 6 rings (SSSR count). The average molecular weight is 523 g/mol. The molecule has 3 aromatic heterocycles. The number of hydrogen-bond donors (Lipinski definition) is 3. The number of halogens is 1. The van der Waals surface area contributed by atoms with E-state index in [4.69, 9.17) is 9.40 Å². The van der Waals surface area contributed by atoms with Crippen molar-refractivity contribution in [2.24, 2.45) is 10.5 Å². The van der Waals surface area contributed by atoms with Crippen molar-refractivity contribution in [3.63, 3.8) is 0 Å². The van der Waals surface area contributed by atoms with Gasteiger partial charge in [-0.05, 0) is 29.8 Å². The Hall–Kier alpha value is -4.79. The summed E-state index contributed by atoms with van der Waals surface area (Å²) in [4.78, 5) is 25.1. The van der Waals surface area contributed by atoms with Gasteiger partial charge in [0.05, 0.1) is 36.6 Å². The number of fused-ring (bicyclic) bond motifs is 2. The molecule has 0 fully saturated rings. The molecule has 1 aliphatic carbocycles. The van der Waals surface area contributed by atoms with Crippen LogP contribution in [0.1, 0.15) is 54.7 Å². The first-order chi connectivity index (χ1) is 18.8. The van der Waals surface area contributed by atoms with E-state index in [1.807, 2.05) is 39.0 Å². The number of hydrogen-bond acceptors (Lipinski definition) is 6. The van der Waals surface area contributed by atoms with Crippen LogP contribution in [0.25, 0.3) is 16.7 Å². The summed E-state index contributed by atoms with van der Waals surface area (Å²) < 4.78 is 20.7. The SMILES string of the molecule is CC(C)(C)C(=O)Nc1cncc(-c2cc3c(cc2F)CNN=C3c2nc3c([nH]2)CC=CC=C3c2ccoc2)c1. The number of imidazole rings is 1. The first kappa shape index (κ1) is 24.5. The van der Waals surface area contributed by atoms with Gasteiger partial charge >= 0.3 is 0 Å². The second kappa shape index (κ2) is 9.50.